The van der Waals surface area contributed by atoms with Gasteiger partial charge in [-0.25, -0.2) is 8.78 Å². The zero-order chi connectivity index (χ0) is 13.4. The highest BCUT2D eigenvalue weighted by Gasteiger charge is 2.70. The Hall–Kier alpha value is -1.51. The molecule has 2 unspecified atom stereocenters. The molecule has 0 amide bonds. The van der Waals surface area contributed by atoms with Crippen LogP contribution < -0.4 is 0 Å². The van der Waals surface area contributed by atoms with Gasteiger partial charge in [-0.1, -0.05) is 32.0 Å². The third-order valence-electron chi connectivity index (χ3n) is 5.35. The number of pyridine rings is 1. The molecule has 2 atom stereocenters. The summed E-state index contributed by atoms with van der Waals surface area (Å²) >= 11 is 0. The zero-order valence-corrected chi connectivity index (χ0v) is 11.0. The number of rotatable bonds is 0. The van der Waals surface area contributed by atoms with Crippen molar-refractivity contribution in [3.8, 4) is 0 Å². The third-order valence-corrected chi connectivity index (χ3v) is 5.35. The Labute approximate surface area is 110 Å². The number of aromatic nitrogens is 1. The molecule has 0 saturated heterocycles. The van der Waals surface area contributed by atoms with Crippen molar-refractivity contribution < 1.29 is 8.78 Å². The number of halogens is 2. The minimum absolute atomic E-state index is 0.00250. The average molecular weight is 259 g/mol. The molecule has 0 N–H and O–H groups in total. The molecule has 1 fully saturated rings. The maximum absolute atomic E-state index is 15.1. The highest BCUT2D eigenvalue weighted by Crippen LogP contribution is 2.69. The molecular weight excluding hydrogens is 244 g/mol. The zero-order valence-electron chi connectivity index (χ0n) is 11.0. The van der Waals surface area contributed by atoms with Crippen LogP contribution >= 0.6 is 0 Å². The van der Waals surface area contributed by atoms with Crippen molar-refractivity contribution >= 4 is 10.8 Å². The topological polar surface area (TPSA) is 12.9 Å². The summed E-state index contributed by atoms with van der Waals surface area (Å²) in [5.41, 5.74) is -0.0823. The predicted octanol–water partition coefficient (Wildman–Crippen LogP) is 4.25. The maximum atomic E-state index is 15.1. The minimum Gasteiger partial charge on any atom is -0.264 e. The van der Waals surface area contributed by atoms with Crippen LogP contribution in [0.25, 0.3) is 10.8 Å². The van der Waals surface area contributed by atoms with Gasteiger partial charge in [-0.15, -0.1) is 0 Å². The van der Waals surface area contributed by atoms with E-state index in [0.29, 0.717) is 0 Å². The first kappa shape index (κ1) is 11.3. The smallest absolute Gasteiger partial charge is 0.264 e. The van der Waals surface area contributed by atoms with Gasteiger partial charge in [0.05, 0.1) is 5.41 Å². The van der Waals surface area contributed by atoms with Crippen LogP contribution in [0.5, 0.6) is 0 Å². The normalized spacial score (nSPS) is 34.7. The lowest BCUT2D eigenvalue weighted by atomic mass is 9.50. The Bertz CT molecular complexity index is 679. The summed E-state index contributed by atoms with van der Waals surface area (Å²) in [6.07, 6.45) is 4.21. The lowest BCUT2D eigenvalue weighted by Crippen LogP contribution is -2.58. The van der Waals surface area contributed by atoms with Crippen LogP contribution in [0.2, 0.25) is 0 Å². The molecule has 1 spiro atoms. The minimum atomic E-state index is -2.78. The van der Waals surface area contributed by atoms with E-state index in [9.17, 15) is 0 Å². The molecule has 2 aliphatic carbocycles. The van der Waals surface area contributed by atoms with Crippen LogP contribution in [-0.4, -0.2) is 4.98 Å². The Balaban J connectivity index is 2.17. The van der Waals surface area contributed by atoms with Gasteiger partial charge >= 0.3 is 0 Å². The summed E-state index contributed by atoms with van der Waals surface area (Å²) in [5, 5.41) is 1.57. The molecular formula is C16H15F2N. The summed E-state index contributed by atoms with van der Waals surface area (Å²) in [6.45, 7) is 3.89. The van der Waals surface area contributed by atoms with Gasteiger partial charge < -0.3 is 0 Å². The summed E-state index contributed by atoms with van der Waals surface area (Å²) in [7, 11) is 0. The van der Waals surface area contributed by atoms with Gasteiger partial charge in [0.15, 0.2) is 0 Å². The van der Waals surface area contributed by atoms with Gasteiger partial charge in [-0.3, -0.25) is 4.98 Å². The summed E-state index contributed by atoms with van der Waals surface area (Å²) in [5.74, 6) is -2.79. The summed E-state index contributed by atoms with van der Waals surface area (Å²) in [6, 6.07) is 5.17. The van der Waals surface area contributed by atoms with E-state index in [0.717, 1.165) is 22.8 Å². The molecule has 0 aliphatic heterocycles. The fourth-order valence-electron chi connectivity index (χ4n) is 4.58. The predicted molar refractivity (Wildman–Crippen MR) is 70.3 cm³/mol. The van der Waals surface area contributed by atoms with Crippen molar-refractivity contribution in [1.29, 1.82) is 0 Å². The van der Waals surface area contributed by atoms with Gasteiger partial charge in [-0.2, -0.15) is 0 Å². The quantitative estimate of drug-likeness (QED) is 0.689. The van der Waals surface area contributed by atoms with Crippen LogP contribution in [0.3, 0.4) is 0 Å². The number of fused-ring (bicyclic) bond motifs is 1. The van der Waals surface area contributed by atoms with E-state index in [4.69, 9.17) is 0 Å². The number of benzene rings is 1. The van der Waals surface area contributed by atoms with Gasteiger partial charge in [0, 0.05) is 23.3 Å². The van der Waals surface area contributed by atoms with Crippen molar-refractivity contribution in [2.24, 2.45) is 11.8 Å². The average Bonchev–Trinajstić information content (AvgIpc) is 2.59. The Morgan fingerprint density at radius 3 is 2.53 bits per heavy atom. The van der Waals surface area contributed by atoms with Crippen molar-refractivity contribution in [2.75, 3.05) is 0 Å². The van der Waals surface area contributed by atoms with E-state index < -0.39 is 11.3 Å². The Kier molecular flexibility index (Phi) is 1.87. The summed E-state index contributed by atoms with van der Waals surface area (Å²) < 4.78 is 30.2. The Morgan fingerprint density at radius 2 is 1.84 bits per heavy atom. The van der Waals surface area contributed by atoms with E-state index in [-0.39, 0.29) is 17.4 Å². The fourth-order valence-corrected chi connectivity index (χ4v) is 4.58. The molecule has 1 aromatic heterocycles. The monoisotopic (exact) mass is 259 g/mol. The Morgan fingerprint density at radius 1 is 1.11 bits per heavy atom. The SMILES string of the molecule is CC1CC(C)C12c1cncc3cccc(c13)C2(F)F. The molecule has 3 heteroatoms. The second-order valence-corrected chi connectivity index (χ2v) is 6.07. The lowest BCUT2D eigenvalue weighted by Gasteiger charge is -2.55. The molecule has 0 radical (unpaired) electrons. The molecule has 19 heavy (non-hydrogen) atoms. The largest absolute Gasteiger partial charge is 0.283 e. The number of hydrogen-bond donors (Lipinski definition) is 0. The van der Waals surface area contributed by atoms with E-state index in [1.807, 2.05) is 19.9 Å². The number of hydrogen-bond acceptors (Lipinski definition) is 1. The molecule has 0 bridgehead atoms. The lowest BCUT2D eigenvalue weighted by molar-refractivity contribution is -0.171. The van der Waals surface area contributed by atoms with Crippen LogP contribution in [-0.2, 0) is 11.3 Å². The summed E-state index contributed by atoms with van der Waals surface area (Å²) in [4.78, 5) is 4.20. The molecule has 4 rings (SSSR count). The maximum Gasteiger partial charge on any atom is 0.283 e. The number of nitrogens with zero attached hydrogens (tertiary/aromatic N) is 1. The highest BCUT2D eigenvalue weighted by atomic mass is 19.3. The highest BCUT2D eigenvalue weighted by molar-refractivity contribution is 5.93. The molecule has 1 nitrogen and oxygen atoms in total. The molecule has 1 saturated carbocycles. The molecule has 2 aliphatic rings. The van der Waals surface area contributed by atoms with E-state index in [1.54, 1.807) is 24.5 Å². The van der Waals surface area contributed by atoms with E-state index in [1.165, 1.54) is 0 Å². The van der Waals surface area contributed by atoms with Gasteiger partial charge in [0.2, 0.25) is 0 Å². The first-order valence-electron chi connectivity index (χ1n) is 6.76. The molecule has 1 aromatic carbocycles. The first-order chi connectivity index (χ1) is 9.01. The van der Waals surface area contributed by atoms with Crippen molar-refractivity contribution in [3.63, 3.8) is 0 Å². The standard InChI is InChI=1S/C16H15F2N/c1-9-6-10(2)15(9)13-8-19-7-11-4-3-5-12(14(11)13)16(15,17)18/h3-5,7-10H,6H2,1-2H3. The van der Waals surface area contributed by atoms with Gasteiger partial charge in [0.1, 0.15) is 0 Å². The van der Waals surface area contributed by atoms with Crippen LogP contribution in [0.4, 0.5) is 8.78 Å². The van der Waals surface area contributed by atoms with E-state index in [2.05, 4.69) is 4.98 Å². The molecule has 98 valence electrons. The fraction of sp³-hybridized carbons (Fsp3) is 0.438. The second-order valence-electron chi connectivity index (χ2n) is 6.07. The third kappa shape index (κ3) is 0.978. The first-order valence-corrected chi connectivity index (χ1v) is 6.76. The van der Waals surface area contributed by atoms with Crippen molar-refractivity contribution in [2.45, 2.75) is 31.6 Å². The number of alkyl halides is 2. The van der Waals surface area contributed by atoms with Crippen molar-refractivity contribution in [1.82, 2.24) is 4.98 Å². The van der Waals surface area contributed by atoms with Gasteiger partial charge in [0.25, 0.3) is 5.92 Å². The van der Waals surface area contributed by atoms with Crippen molar-refractivity contribution in [3.05, 3.63) is 41.7 Å². The van der Waals surface area contributed by atoms with Crippen LogP contribution in [0, 0.1) is 11.8 Å². The molecule has 2 aromatic rings. The van der Waals surface area contributed by atoms with Crippen LogP contribution in [0.1, 0.15) is 31.4 Å². The van der Waals surface area contributed by atoms with Crippen LogP contribution in [0.15, 0.2) is 30.6 Å². The second kappa shape index (κ2) is 3.14. The molecule has 1 heterocycles. The van der Waals surface area contributed by atoms with E-state index >= 15 is 8.78 Å². The van der Waals surface area contributed by atoms with Gasteiger partial charge in [-0.05, 0) is 29.2 Å².